The van der Waals surface area contributed by atoms with Gasteiger partial charge in [0.15, 0.2) is 0 Å². The van der Waals surface area contributed by atoms with Crippen molar-refractivity contribution in [3.63, 3.8) is 0 Å². The van der Waals surface area contributed by atoms with Crippen molar-refractivity contribution in [2.45, 2.75) is 32.9 Å². The molecule has 1 unspecified atom stereocenters. The SMILES string of the molecule is CCCNC(=O)C(C)N(Cc1ccccc1)C(=O)CN(c1ccc(F)c(Cl)c1)S(C)(=O)=O. The molecule has 0 aliphatic heterocycles. The third-order valence-corrected chi connectivity index (χ3v) is 6.21. The van der Waals surface area contributed by atoms with Crippen molar-refractivity contribution in [2.24, 2.45) is 0 Å². The number of nitrogens with one attached hydrogen (secondary N) is 1. The Hall–Kier alpha value is -2.65. The molecule has 2 aromatic rings. The first-order valence-electron chi connectivity index (χ1n) is 10.1. The second kappa shape index (κ2) is 11.3. The van der Waals surface area contributed by atoms with Crippen LogP contribution in [0.5, 0.6) is 0 Å². The van der Waals surface area contributed by atoms with Gasteiger partial charge in [0.1, 0.15) is 18.4 Å². The Morgan fingerprint density at radius 2 is 1.81 bits per heavy atom. The average molecular weight is 484 g/mol. The van der Waals surface area contributed by atoms with Gasteiger partial charge in [0.05, 0.1) is 17.0 Å². The number of carbonyl (C=O) groups excluding carboxylic acids is 2. The molecular formula is C22H27ClFN3O4S. The molecule has 0 fully saturated rings. The summed E-state index contributed by atoms with van der Waals surface area (Å²) in [4.78, 5) is 27.2. The quantitative estimate of drug-likeness (QED) is 0.562. The number of anilines is 1. The van der Waals surface area contributed by atoms with Crippen molar-refractivity contribution in [3.05, 3.63) is 64.9 Å². The van der Waals surface area contributed by atoms with Crippen LogP contribution in [0.3, 0.4) is 0 Å². The zero-order chi connectivity index (χ0) is 23.9. The van der Waals surface area contributed by atoms with Gasteiger partial charge in [0.2, 0.25) is 21.8 Å². The number of halogens is 2. The van der Waals surface area contributed by atoms with Crippen molar-refractivity contribution < 1.29 is 22.4 Å². The molecule has 0 aliphatic rings. The molecule has 0 heterocycles. The minimum absolute atomic E-state index is 0.0509. The van der Waals surface area contributed by atoms with Gasteiger partial charge in [-0.3, -0.25) is 13.9 Å². The largest absolute Gasteiger partial charge is 0.354 e. The number of sulfonamides is 1. The van der Waals surface area contributed by atoms with E-state index in [0.717, 1.165) is 34.7 Å². The predicted octanol–water partition coefficient (Wildman–Crippen LogP) is 3.19. The summed E-state index contributed by atoms with van der Waals surface area (Å²) < 4.78 is 39.3. The minimum atomic E-state index is -3.90. The van der Waals surface area contributed by atoms with Crippen LogP contribution in [0.4, 0.5) is 10.1 Å². The zero-order valence-electron chi connectivity index (χ0n) is 18.2. The predicted molar refractivity (Wildman–Crippen MR) is 123 cm³/mol. The van der Waals surface area contributed by atoms with E-state index in [2.05, 4.69) is 5.32 Å². The number of carbonyl (C=O) groups is 2. The van der Waals surface area contributed by atoms with Gasteiger partial charge in [-0.15, -0.1) is 0 Å². The zero-order valence-corrected chi connectivity index (χ0v) is 19.8. The van der Waals surface area contributed by atoms with E-state index < -0.39 is 34.3 Å². The highest BCUT2D eigenvalue weighted by Crippen LogP contribution is 2.25. The van der Waals surface area contributed by atoms with Gasteiger partial charge in [0, 0.05) is 13.1 Å². The van der Waals surface area contributed by atoms with Crippen LogP contribution in [0.1, 0.15) is 25.8 Å². The van der Waals surface area contributed by atoms with Gasteiger partial charge in [-0.2, -0.15) is 0 Å². The molecule has 7 nitrogen and oxygen atoms in total. The van der Waals surface area contributed by atoms with Crippen LogP contribution < -0.4 is 9.62 Å². The molecule has 0 bridgehead atoms. The van der Waals surface area contributed by atoms with Gasteiger partial charge >= 0.3 is 0 Å². The fourth-order valence-corrected chi connectivity index (χ4v) is 4.03. The molecule has 1 atom stereocenters. The van der Waals surface area contributed by atoms with E-state index >= 15 is 0 Å². The van der Waals surface area contributed by atoms with Crippen molar-refractivity contribution in [3.8, 4) is 0 Å². The van der Waals surface area contributed by atoms with E-state index in [-0.39, 0.29) is 23.2 Å². The fourth-order valence-electron chi connectivity index (χ4n) is 3.01. The fraction of sp³-hybridized carbons (Fsp3) is 0.364. The minimum Gasteiger partial charge on any atom is -0.354 e. The molecule has 0 spiro atoms. The summed E-state index contributed by atoms with van der Waals surface area (Å²) in [6.45, 7) is 3.50. The van der Waals surface area contributed by atoms with Crippen molar-refractivity contribution in [1.82, 2.24) is 10.2 Å². The second-order valence-corrected chi connectivity index (χ2v) is 9.66. The summed E-state index contributed by atoms with van der Waals surface area (Å²) in [6.07, 6.45) is 1.68. The van der Waals surface area contributed by atoms with Gasteiger partial charge < -0.3 is 10.2 Å². The van der Waals surface area contributed by atoms with E-state index in [1.807, 2.05) is 37.3 Å². The van der Waals surface area contributed by atoms with Crippen LogP contribution >= 0.6 is 11.6 Å². The molecule has 0 saturated heterocycles. The summed E-state index contributed by atoms with van der Waals surface area (Å²) in [5.41, 5.74) is 0.835. The molecule has 32 heavy (non-hydrogen) atoms. The Kier molecular flexibility index (Phi) is 9.03. The smallest absolute Gasteiger partial charge is 0.244 e. The highest BCUT2D eigenvalue weighted by atomic mass is 35.5. The van der Waals surface area contributed by atoms with Crippen LogP contribution in [-0.4, -0.2) is 50.5 Å². The first-order chi connectivity index (χ1) is 15.0. The average Bonchev–Trinajstić information content (AvgIpc) is 2.75. The summed E-state index contributed by atoms with van der Waals surface area (Å²) in [5.74, 6) is -1.63. The highest BCUT2D eigenvalue weighted by molar-refractivity contribution is 7.92. The van der Waals surface area contributed by atoms with Crippen LogP contribution in [0.2, 0.25) is 5.02 Å². The molecule has 174 valence electrons. The molecular weight excluding hydrogens is 457 g/mol. The number of hydrogen-bond acceptors (Lipinski definition) is 4. The van der Waals surface area contributed by atoms with Crippen molar-refractivity contribution >= 4 is 39.1 Å². The van der Waals surface area contributed by atoms with E-state index in [9.17, 15) is 22.4 Å². The van der Waals surface area contributed by atoms with E-state index in [4.69, 9.17) is 11.6 Å². The number of amides is 2. The third kappa shape index (κ3) is 6.93. The Morgan fingerprint density at radius 1 is 1.16 bits per heavy atom. The van der Waals surface area contributed by atoms with Gasteiger partial charge in [0.25, 0.3) is 0 Å². The Labute approximate surface area is 193 Å². The van der Waals surface area contributed by atoms with Crippen molar-refractivity contribution in [1.29, 1.82) is 0 Å². The summed E-state index contributed by atoms with van der Waals surface area (Å²) in [7, 11) is -3.90. The molecule has 2 aromatic carbocycles. The van der Waals surface area contributed by atoms with Crippen molar-refractivity contribution in [2.75, 3.05) is 23.7 Å². The summed E-state index contributed by atoms with van der Waals surface area (Å²) in [5, 5.41) is 2.49. The number of hydrogen-bond donors (Lipinski definition) is 1. The Morgan fingerprint density at radius 3 is 2.38 bits per heavy atom. The maximum atomic E-state index is 13.6. The normalized spacial score (nSPS) is 12.2. The van der Waals surface area contributed by atoms with E-state index in [1.54, 1.807) is 6.92 Å². The van der Waals surface area contributed by atoms with Crippen LogP contribution in [0.25, 0.3) is 0 Å². The van der Waals surface area contributed by atoms with Gasteiger partial charge in [-0.25, -0.2) is 12.8 Å². The first kappa shape index (κ1) is 25.6. The molecule has 0 saturated carbocycles. The maximum Gasteiger partial charge on any atom is 0.244 e. The summed E-state index contributed by atoms with van der Waals surface area (Å²) >= 11 is 5.81. The number of rotatable bonds is 10. The molecule has 0 aromatic heterocycles. The Bertz CT molecular complexity index is 1050. The lowest BCUT2D eigenvalue weighted by Gasteiger charge is -2.31. The Balaban J connectivity index is 2.36. The molecule has 0 aliphatic carbocycles. The van der Waals surface area contributed by atoms with Crippen LogP contribution in [-0.2, 0) is 26.2 Å². The standard InChI is InChI=1S/C22H27ClFN3O4S/c1-4-12-25-22(29)16(2)26(14-17-8-6-5-7-9-17)21(28)15-27(32(3,30)31)18-10-11-20(24)19(23)13-18/h5-11,13,16H,4,12,14-15H2,1-3H3,(H,25,29). The number of benzene rings is 2. The molecule has 10 heteroatoms. The lowest BCUT2D eigenvalue weighted by atomic mass is 10.1. The number of nitrogens with zero attached hydrogens (tertiary/aromatic N) is 2. The molecule has 0 radical (unpaired) electrons. The molecule has 2 rings (SSSR count). The molecule has 1 N–H and O–H groups in total. The lowest BCUT2D eigenvalue weighted by Crippen LogP contribution is -2.51. The van der Waals surface area contributed by atoms with E-state index in [0.29, 0.717) is 6.54 Å². The van der Waals surface area contributed by atoms with Gasteiger partial charge in [-0.1, -0.05) is 48.9 Å². The van der Waals surface area contributed by atoms with Gasteiger partial charge in [-0.05, 0) is 37.1 Å². The van der Waals surface area contributed by atoms with Crippen LogP contribution in [0, 0.1) is 5.82 Å². The summed E-state index contributed by atoms with van der Waals surface area (Å²) in [6, 6.07) is 11.6. The third-order valence-electron chi connectivity index (χ3n) is 4.78. The second-order valence-electron chi connectivity index (χ2n) is 7.34. The monoisotopic (exact) mass is 483 g/mol. The maximum absolute atomic E-state index is 13.6. The lowest BCUT2D eigenvalue weighted by molar-refractivity contribution is -0.139. The first-order valence-corrected chi connectivity index (χ1v) is 12.3. The van der Waals surface area contributed by atoms with E-state index in [1.165, 1.54) is 11.0 Å². The highest BCUT2D eigenvalue weighted by Gasteiger charge is 2.30. The van der Waals surface area contributed by atoms with Crippen LogP contribution in [0.15, 0.2) is 48.5 Å². The topological polar surface area (TPSA) is 86.8 Å². The molecule has 2 amide bonds.